The second-order valence-electron chi connectivity index (χ2n) is 5.93. The smallest absolute Gasteiger partial charge is 0.251 e. The van der Waals surface area contributed by atoms with Gasteiger partial charge in [0.2, 0.25) is 0 Å². The number of amides is 1. The molecule has 3 nitrogen and oxygen atoms in total. The topological polar surface area (TPSA) is 32.3 Å². The van der Waals surface area contributed by atoms with E-state index in [4.69, 9.17) is 0 Å². The van der Waals surface area contributed by atoms with Crippen molar-refractivity contribution in [2.75, 3.05) is 13.1 Å². The first-order chi connectivity index (χ1) is 9.34. The standard InChI is InChI=1S/C17H28N2O/c1-12(2)19(13(3)4)11-10-18-17(20)16-9-7-8-14(5)15(16)6/h7-9,12-13H,10-11H2,1-6H3,(H,18,20). The van der Waals surface area contributed by atoms with Gasteiger partial charge >= 0.3 is 0 Å². The zero-order valence-corrected chi connectivity index (χ0v) is 13.7. The summed E-state index contributed by atoms with van der Waals surface area (Å²) in [5.41, 5.74) is 3.00. The Hall–Kier alpha value is -1.35. The molecule has 0 aliphatic rings. The van der Waals surface area contributed by atoms with Gasteiger partial charge in [0.25, 0.3) is 5.91 Å². The van der Waals surface area contributed by atoms with Crippen LogP contribution in [0.5, 0.6) is 0 Å². The fourth-order valence-electron chi connectivity index (χ4n) is 2.50. The normalized spacial score (nSPS) is 11.4. The monoisotopic (exact) mass is 276 g/mol. The van der Waals surface area contributed by atoms with E-state index in [1.807, 2.05) is 32.0 Å². The van der Waals surface area contributed by atoms with Crippen LogP contribution in [-0.2, 0) is 0 Å². The van der Waals surface area contributed by atoms with E-state index < -0.39 is 0 Å². The quantitative estimate of drug-likeness (QED) is 0.865. The molecule has 0 aliphatic carbocycles. The Morgan fingerprint density at radius 2 is 1.75 bits per heavy atom. The second kappa shape index (κ2) is 7.44. The SMILES string of the molecule is Cc1cccc(C(=O)NCCN(C(C)C)C(C)C)c1C. The summed E-state index contributed by atoms with van der Waals surface area (Å²) in [4.78, 5) is 14.6. The molecule has 1 rings (SSSR count). The van der Waals surface area contributed by atoms with Crippen molar-refractivity contribution in [1.29, 1.82) is 0 Å². The van der Waals surface area contributed by atoms with Gasteiger partial charge in [0.05, 0.1) is 0 Å². The Kier molecular flexibility index (Phi) is 6.21. The van der Waals surface area contributed by atoms with Gasteiger partial charge in [-0.1, -0.05) is 12.1 Å². The number of nitrogens with one attached hydrogen (secondary N) is 1. The van der Waals surface area contributed by atoms with Crippen LogP contribution in [0.3, 0.4) is 0 Å². The number of nitrogens with zero attached hydrogens (tertiary/aromatic N) is 1. The molecule has 0 aliphatic heterocycles. The highest BCUT2D eigenvalue weighted by Gasteiger charge is 2.14. The number of hydrogen-bond acceptors (Lipinski definition) is 2. The lowest BCUT2D eigenvalue weighted by Crippen LogP contribution is -2.42. The second-order valence-corrected chi connectivity index (χ2v) is 5.93. The Labute approximate surface area is 123 Å². The van der Waals surface area contributed by atoms with E-state index in [1.165, 1.54) is 0 Å². The van der Waals surface area contributed by atoms with Crippen molar-refractivity contribution in [1.82, 2.24) is 10.2 Å². The van der Waals surface area contributed by atoms with Crippen LogP contribution in [0.4, 0.5) is 0 Å². The van der Waals surface area contributed by atoms with E-state index in [1.54, 1.807) is 0 Å². The first-order valence-corrected chi connectivity index (χ1v) is 7.44. The molecule has 0 heterocycles. The number of hydrogen-bond donors (Lipinski definition) is 1. The van der Waals surface area contributed by atoms with E-state index >= 15 is 0 Å². The largest absolute Gasteiger partial charge is 0.351 e. The van der Waals surface area contributed by atoms with Crippen LogP contribution in [0.1, 0.15) is 49.2 Å². The highest BCUT2D eigenvalue weighted by atomic mass is 16.1. The van der Waals surface area contributed by atoms with Crippen LogP contribution in [0.15, 0.2) is 18.2 Å². The molecule has 0 spiro atoms. The van der Waals surface area contributed by atoms with Gasteiger partial charge in [-0.15, -0.1) is 0 Å². The maximum atomic E-state index is 12.2. The zero-order chi connectivity index (χ0) is 15.3. The highest BCUT2D eigenvalue weighted by molar-refractivity contribution is 5.95. The van der Waals surface area contributed by atoms with Crippen LogP contribution >= 0.6 is 0 Å². The van der Waals surface area contributed by atoms with Gasteiger partial charge in [-0.2, -0.15) is 0 Å². The summed E-state index contributed by atoms with van der Waals surface area (Å²) in [5.74, 6) is 0.0265. The van der Waals surface area contributed by atoms with Gasteiger partial charge in [-0.25, -0.2) is 0 Å². The van der Waals surface area contributed by atoms with Gasteiger partial charge in [0.15, 0.2) is 0 Å². The maximum Gasteiger partial charge on any atom is 0.251 e. The van der Waals surface area contributed by atoms with E-state index in [9.17, 15) is 4.79 Å². The van der Waals surface area contributed by atoms with Crippen LogP contribution in [0.2, 0.25) is 0 Å². The molecular formula is C17H28N2O. The Bertz CT molecular complexity index is 444. The minimum Gasteiger partial charge on any atom is -0.351 e. The van der Waals surface area contributed by atoms with E-state index in [-0.39, 0.29) is 5.91 Å². The molecule has 1 amide bonds. The van der Waals surface area contributed by atoms with Crippen LogP contribution in [0, 0.1) is 13.8 Å². The van der Waals surface area contributed by atoms with Gasteiger partial charge < -0.3 is 5.32 Å². The van der Waals surface area contributed by atoms with Crippen molar-refractivity contribution in [3.8, 4) is 0 Å². The molecule has 0 saturated carbocycles. The first-order valence-electron chi connectivity index (χ1n) is 7.44. The average molecular weight is 276 g/mol. The van der Waals surface area contributed by atoms with Crippen molar-refractivity contribution in [2.24, 2.45) is 0 Å². The third-order valence-electron chi connectivity index (χ3n) is 3.83. The molecule has 1 N–H and O–H groups in total. The molecule has 0 aromatic heterocycles. The molecule has 0 atom stereocenters. The number of benzene rings is 1. The lowest BCUT2D eigenvalue weighted by molar-refractivity contribution is 0.0938. The molecule has 0 unspecified atom stereocenters. The van der Waals surface area contributed by atoms with Crippen LogP contribution < -0.4 is 5.32 Å². The zero-order valence-electron chi connectivity index (χ0n) is 13.7. The van der Waals surface area contributed by atoms with Gasteiger partial charge in [-0.3, -0.25) is 9.69 Å². The first kappa shape index (κ1) is 16.7. The summed E-state index contributed by atoms with van der Waals surface area (Å²) < 4.78 is 0. The molecule has 0 fully saturated rings. The molecule has 1 aromatic carbocycles. The summed E-state index contributed by atoms with van der Waals surface area (Å²) in [7, 11) is 0. The average Bonchev–Trinajstić information content (AvgIpc) is 2.36. The van der Waals surface area contributed by atoms with E-state index in [0.29, 0.717) is 18.6 Å². The number of carbonyl (C=O) groups is 1. The van der Waals surface area contributed by atoms with Crippen molar-refractivity contribution in [3.05, 3.63) is 34.9 Å². The number of carbonyl (C=O) groups excluding carboxylic acids is 1. The fraction of sp³-hybridized carbons (Fsp3) is 0.588. The summed E-state index contributed by atoms with van der Waals surface area (Å²) in [6.45, 7) is 14.3. The van der Waals surface area contributed by atoms with Crippen molar-refractivity contribution in [3.63, 3.8) is 0 Å². The van der Waals surface area contributed by atoms with E-state index in [0.717, 1.165) is 23.2 Å². The number of rotatable bonds is 6. The molecule has 0 saturated heterocycles. The third kappa shape index (κ3) is 4.34. The summed E-state index contributed by atoms with van der Waals surface area (Å²) in [6.07, 6.45) is 0. The maximum absolute atomic E-state index is 12.2. The molecule has 1 aromatic rings. The minimum atomic E-state index is 0.0265. The number of aryl methyl sites for hydroxylation is 1. The van der Waals surface area contributed by atoms with Gasteiger partial charge in [0, 0.05) is 30.7 Å². The van der Waals surface area contributed by atoms with Crippen molar-refractivity contribution < 1.29 is 4.79 Å². The van der Waals surface area contributed by atoms with Crippen molar-refractivity contribution >= 4 is 5.91 Å². The van der Waals surface area contributed by atoms with Crippen LogP contribution in [-0.4, -0.2) is 36.0 Å². The lowest BCUT2D eigenvalue weighted by atomic mass is 10.0. The van der Waals surface area contributed by atoms with Gasteiger partial charge in [-0.05, 0) is 58.7 Å². The van der Waals surface area contributed by atoms with E-state index in [2.05, 4.69) is 37.9 Å². The molecule has 3 heteroatoms. The minimum absolute atomic E-state index is 0.0265. The Morgan fingerprint density at radius 1 is 1.15 bits per heavy atom. The Balaban J connectivity index is 2.58. The highest BCUT2D eigenvalue weighted by Crippen LogP contribution is 2.12. The third-order valence-corrected chi connectivity index (χ3v) is 3.83. The Morgan fingerprint density at radius 3 is 2.30 bits per heavy atom. The summed E-state index contributed by atoms with van der Waals surface area (Å²) >= 11 is 0. The summed E-state index contributed by atoms with van der Waals surface area (Å²) in [5, 5.41) is 3.03. The predicted octanol–water partition coefficient (Wildman–Crippen LogP) is 3.15. The van der Waals surface area contributed by atoms with Crippen LogP contribution in [0.25, 0.3) is 0 Å². The molecule has 20 heavy (non-hydrogen) atoms. The van der Waals surface area contributed by atoms with Crippen molar-refractivity contribution in [2.45, 2.75) is 53.6 Å². The predicted molar refractivity (Wildman–Crippen MR) is 85.2 cm³/mol. The molecule has 0 radical (unpaired) electrons. The fourth-order valence-corrected chi connectivity index (χ4v) is 2.50. The van der Waals surface area contributed by atoms with Gasteiger partial charge in [0.1, 0.15) is 0 Å². The molecule has 0 bridgehead atoms. The lowest BCUT2D eigenvalue weighted by Gasteiger charge is -2.30. The summed E-state index contributed by atoms with van der Waals surface area (Å²) in [6, 6.07) is 6.84. The molecular weight excluding hydrogens is 248 g/mol. The molecule has 112 valence electrons.